The van der Waals surface area contributed by atoms with Crippen LogP contribution in [0.15, 0.2) is 48.5 Å². The first kappa shape index (κ1) is 18.6. The second kappa shape index (κ2) is 8.39. The van der Waals surface area contributed by atoms with E-state index >= 15 is 0 Å². The summed E-state index contributed by atoms with van der Waals surface area (Å²) in [6, 6.07) is 12.9. The van der Waals surface area contributed by atoms with E-state index in [0.29, 0.717) is 17.8 Å². The van der Waals surface area contributed by atoms with Gasteiger partial charge in [-0.3, -0.25) is 9.59 Å². The van der Waals surface area contributed by atoms with E-state index in [9.17, 15) is 14.0 Å². The molecule has 0 spiro atoms. The maximum atomic E-state index is 13.5. The molecular weight excluding hydrogens is 321 g/mol. The Morgan fingerprint density at radius 2 is 1.84 bits per heavy atom. The van der Waals surface area contributed by atoms with Gasteiger partial charge < -0.3 is 15.5 Å². The molecule has 0 saturated heterocycles. The molecule has 0 fully saturated rings. The van der Waals surface area contributed by atoms with E-state index in [2.05, 4.69) is 10.6 Å². The molecule has 2 aromatic rings. The summed E-state index contributed by atoms with van der Waals surface area (Å²) in [4.78, 5) is 25.4. The molecule has 1 atom stereocenters. The average molecular weight is 343 g/mol. The number of hydrogen-bond acceptors (Lipinski definition) is 3. The summed E-state index contributed by atoms with van der Waals surface area (Å²) in [6.45, 7) is 1.74. The van der Waals surface area contributed by atoms with E-state index in [1.807, 2.05) is 25.1 Å². The van der Waals surface area contributed by atoms with Gasteiger partial charge in [0.05, 0.1) is 6.04 Å². The largest absolute Gasteiger partial charge is 0.350 e. The zero-order valence-corrected chi connectivity index (χ0v) is 14.5. The molecule has 5 nitrogen and oxygen atoms in total. The van der Waals surface area contributed by atoms with Gasteiger partial charge in [-0.25, -0.2) is 4.39 Å². The smallest absolute Gasteiger partial charge is 0.251 e. The van der Waals surface area contributed by atoms with Gasteiger partial charge in [-0.15, -0.1) is 0 Å². The SMILES string of the molecule is CC(=O)Nc1cccc(C(=O)NCC(c2cccc(F)c2)N(C)C)c1. The summed E-state index contributed by atoms with van der Waals surface area (Å²) in [5, 5.41) is 5.51. The second-order valence-electron chi connectivity index (χ2n) is 6.01. The van der Waals surface area contributed by atoms with Gasteiger partial charge in [0.25, 0.3) is 5.91 Å². The highest BCUT2D eigenvalue weighted by molar-refractivity contribution is 5.96. The molecule has 0 radical (unpaired) electrons. The Labute approximate surface area is 146 Å². The average Bonchev–Trinajstić information content (AvgIpc) is 2.54. The first-order valence-electron chi connectivity index (χ1n) is 7.94. The van der Waals surface area contributed by atoms with E-state index in [1.54, 1.807) is 30.3 Å². The van der Waals surface area contributed by atoms with Gasteiger partial charge in [0.2, 0.25) is 5.91 Å². The van der Waals surface area contributed by atoms with Crippen molar-refractivity contribution in [3.05, 3.63) is 65.5 Å². The number of nitrogens with one attached hydrogen (secondary N) is 2. The van der Waals surface area contributed by atoms with Gasteiger partial charge in [-0.1, -0.05) is 18.2 Å². The lowest BCUT2D eigenvalue weighted by Crippen LogP contribution is -2.34. The number of carbonyl (C=O) groups excluding carboxylic acids is 2. The van der Waals surface area contributed by atoms with Crippen molar-refractivity contribution in [1.29, 1.82) is 0 Å². The van der Waals surface area contributed by atoms with Crippen LogP contribution in [0, 0.1) is 5.82 Å². The maximum Gasteiger partial charge on any atom is 0.251 e. The van der Waals surface area contributed by atoms with Crippen LogP contribution >= 0.6 is 0 Å². The lowest BCUT2D eigenvalue weighted by atomic mass is 10.1. The molecule has 2 N–H and O–H groups in total. The van der Waals surface area contributed by atoms with Gasteiger partial charge in [0.1, 0.15) is 5.82 Å². The maximum absolute atomic E-state index is 13.5. The molecule has 2 aromatic carbocycles. The van der Waals surface area contributed by atoms with Crippen LogP contribution in [-0.4, -0.2) is 37.4 Å². The number of nitrogens with zero attached hydrogens (tertiary/aromatic N) is 1. The molecule has 0 aliphatic carbocycles. The second-order valence-corrected chi connectivity index (χ2v) is 6.01. The monoisotopic (exact) mass is 343 g/mol. The normalized spacial score (nSPS) is 11.9. The summed E-state index contributed by atoms with van der Waals surface area (Å²) < 4.78 is 13.5. The minimum absolute atomic E-state index is 0.154. The van der Waals surface area contributed by atoms with Crippen LogP contribution in [0.1, 0.15) is 28.9 Å². The van der Waals surface area contributed by atoms with Gasteiger partial charge in [-0.05, 0) is 50.0 Å². The van der Waals surface area contributed by atoms with Crippen LogP contribution < -0.4 is 10.6 Å². The number of hydrogen-bond donors (Lipinski definition) is 2. The van der Waals surface area contributed by atoms with Crippen molar-refractivity contribution in [2.24, 2.45) is 0 Å². The minimum atomic E-state index is -0.307. The van der Waals surface area contributed by atoms with Crippen molar-refractivity contribution in [3.8, 4) is 0 Å². The highest BCUT2D eigenvalue weighted by Crippen LogP contribution is 2.18. The number of anilines is 1. The lowest BCUT2D eigenvalue weighted by molar-refractivity contribution is -0.114. The number of carbonyl (C=O) groups is 2. The number of benzene rings is 2. The standard InChI is InChI=1S/C19H22FN3O2/c1-13(24)22-17-9-5-7-15(11-17)19(25)21-12-18(23(2)3)14-6-4-8-16(20)10-14/h4-11,18H,12H2,1-3H3,(H,21,25)(H,22,24). The minimum Gasteiger partial charge on any atom is -0.350 e. The van der Waals surface area contributed by atoms with Crippen molar-refractivity contribution in [3.63, 3.8) is 0 Å². The molecule has 0 aromatic heterocycles. The quantitative estimate of drug-likeness (QED) is 0.848. The van der Waals surface area contributed by atoms with Crippen molar-refractivity contribution < 1.29 is 14.0 Å². The third-order valence-electron chi connectivity index (χ3n) is 3.76. The van der Waals surface area contributed by atoms with Crippen LogP contribution in [0.4, 0.5) is 10.1 Å². The van der Waals surface area contributed by atoms with E-state index in [4.69, 9.17) is 0 Å². The molecule has 2 rings (SSSR count). The molecule has 0 bridgehead atoms. The predicted molar refractivity (Wildman–Crippen MR) is 95.9 cm³/mol. The molecular formula is C19H22FN3O2. The molecule has 1 unspecified atom stereocenters. The molecule has 6 heteroatoms. The van der Waals surface area contributed by atoms with Crippen LogP contribution in [0.2, 0.25) is 0 Å². The molecule has 0 aliphatic rings. The summed E-state index contributed by atoms with van der Waals surface area (Å²) in [7, 11) is 3.75. The van der Waals surface area contributed by atoms with Crippen molar-refractivity contribution in [2.75, 3.05) is 26.0 Å². The van der Waals surface area contributed by atoms with E-state index < -0.39 is 0 Å². The van der Waals surface area contributed by atoms with Crippen molar-refractivity contribution >= 4 is 17.5 Å². The molecule has 0 saturated carbocycles. The van der Waals surface area contributed by atoms with E-state index in [1.165, 1.54) is 19.1 Å². The highest BCUT2D eigenvalue weighted by Gasteiger charge is 2.16. The van der Waals surface area contributed by atoms with Crippen LogP contribution in [0.25, 0.3) is 0 Å². The number of rotatable bonds is 6. The number of amides is 2. The van der Waals surface area contributed by atoms with Gasteiger partial charge in [0, 0.05) is 24.7 Å². The number of likely N-dealkylation sites (N-methyl/N-ethyl adjacent to an activating group) is 1. The summed E-state index contributed by atoms with van der Waals surface area (Å²) in [6.07, 6.45) is 0. The molecule has 0 heterocycles. The predicted octanol–water partition coefficient (Wildman–Crippen LogP) is 2.82. The Kier molecular flexibility index (Phi) is 6.25. The Morgan fingerprint density at radius 3 is 2.48 bits per heavy atom. The fourth-order valence-corrected chi connectivity index (χ4v) is 2.55. The molecule has 0 aliphatic heterocycles. The van der Waals surface area contributed by atoms with Crippen molar-refractivity contribution in [2.45, 2.75) is 13.0 Å². The van der Waals surface area contributed by atoms with Gasteiger partial charge in [0.15, 0.2) is 0 Å². The lowest BCUT2D eigenvalue weighted by Gasteiger charge is -2.25. The van der Waals surface area contributed by atoms with Crippen LogP contribution in [0.3, 0.4) is 0 Å². The summed E-state index contributed by atoms with van der Waals surface area (Å²) >= 11 is 0. The van der Waals surface area contributed by atoms with Gasteiger partial charge in [-0.2, -0.15) is 0 Å². The number of halogens is 1. The topological polar surface area (TPSA) is 61.4 Å². The molecule has 2 amide bonds. The Bertz CT molecular complexity index is 762. The zero-order valence-electron chi connectivity index (χ0n) is 14.5. The van der Waals surface area contributed by atoms with Crippen molar-refractivity contribution in [1.82, 2.24) is 10.2 Å². The van der Waals surface area contributed by atoms with E-state index in [-0.39, 0.29) is 23.7 Å². The summed E-state index contributed by atoms with van der Waals surface area (Å²) in [5.41, 5.74) is 1.80. The third kappa shape index (κ3) is 5.39. The van der Waals surface area contributed by atoms with E-state index in [0.717, 1.165) is 5.56 Å². The zero-order chi connectivity index (χ0) is 18.4. The fourth-order valence-electron chi connectivity index (χ4n) is 2.55. The Morgan fingerprint density at radius 1 is 1.12 bits per heavy atom. The molecule has 25 heavy (non-hydrogen) atoms. The molecule has 132 valence electrons. The fraction of sp³-hybridized carbons (Fsp3) is 0.263. The van der Waals surface area contributed by atoms with Crippen LogP contribution in [0.5, 0.6) is 0 Å². The Hall–Kier alpha value is -2.73. The van der Waals surface area contributed by atoms with Crippen LogP contribution in [-0.2, 0) is 4.79 Å². The highest BCUT2D eigenvalue weighted by atomic mass is 19.1. The summed E-state index contributed by atoms with van der Waals surface area (Å²) in [5.74, 6) is -0.759. The Balaban J connectivity index is 2.07. The first-order valence-corrected chi connectivity index (χ1v) is 7.94. The van der Waals surface area contributed by atoms with Gasteiger partial charge >= 0.3 is 0 Å². The first-order chi connectivity index (χ1) is 11.9. The third-order valence-corrected chi connectivity index (χ3v) is 3.76.